The Kier molecular flexibility index (Phi) is 5.34. The third kappa shape index (κ3) is 4.81. The van der Waals surface area contributed by atoms with Gasteiger partial charge in [0.25, 0.3) is 6.43 Å². The first kappa shape index (κ1) is 15.9. The van der Waals surface area contributed by atoms with E-state index in [1.54, 1.807) is 11.8 Å². The Morgan fingerprint density at radius 1 is 1.53 bits per heavy atom. The van der Waals surface area contributed by atoms with Gasteiger partial charge in [0.2, 0.25) is 0 Å². The lowest BCUT2D eigenvalue weighted by atomic mass is 10.2. The highest BCUT2D eigenvalue weighted by Gasteiger charge is 2.24. The Balaban J connectivity index is 2.55. The summed E-state index contributed by atoms with van der Waals surface area (Å²) >= 11 is 1.64. The summed E-state index contributed by atoms with van der Waals surface area (Å²) in [5.41, 5.74) is -0.577. The molecule has 4 nitrogen and oxygen atoms in total. The highest BCUT2D eigenvalue weighted by molar-refractivity contribution is 8.00. The fourth-order valence-electron chi connectivity index (χ4n) is 1.42. The predicted molar refractivity (Wildman–Crippen MR) is 70.7 cm³/mol. The molecule has 0 unspecified atom stereocenters. The molecular weight excluding hydrogens is 274 g/mol. The number of carbonyl (C=O) groups excluding carboxylic acids is 1. The first-order chi connectivity index (χ1) is 8.72. The highest BCUT2D eigenvalue weighted by Crippen LogP contribution is 2.24. The summed E-state index contributed by atoms with van der Waals surface area (Å²) < 4.78 is 31.6. The zero-order valence-corrected chi connectivity index (χ0v) is 12.3. The smallest absolute Gasteiger partial charge is 0.341 e. The van der Waals surface area contributed by atoms with Crippen molar-refractivity contribution >= 4 is 17.7 Å². The Labute approximate surface area is 115 Å². The Morgan fingerprint density at radius 2 is 2.16 bits per heavy atom. The average Bonchev–Trinajstić information content (AvgIpc) is 2.65. The molecule has 0 N–H and O–H groups in total. The fraction of sp³-hybridized carbons (Fsp3) is 0.667. The monoisotopic (exact) mass is 292 g/mol. The van der Waals surface area contributed by atoms with Crippen LogP contribution in [-0.4, -0.2) is 32.9 Å². The lowest BCUT2D eigenvalue weighted by molar-refractivity contribution is 0.0517. The molecule has 0 aliphatic heterocycles. The lowest BCUT2D eigenvalue weighted by Crippen LogP contribution is -2.14. The minimum atomic E-state index is -2.75. The van der Waals surface area contributed by atoms with Crippen LogP contribution in [0.4, 0.5) is 8.78 Å². The van der Waals surface area contributed by atoms with E-state index in [2.05, 4.69) is 25.9 Å². The number of nitrogens with zero attached hydrogens (tertiary/aromatic N) is 2. The van der Waals surface area contributed by atoms with E-state index in [0.717, 1.165) is 10.9 Å². The van der Waals surface area contributed by atoms with Crippen LogP contribution in [0.3, 0.4) is 0 Å². The summed E-state index contributed by atoms with van der Waals surface area (Å²) in [7, 11) is 1.37. The number of rotatable bonds is 5. The number of aromatic nitrogens is 2. The predicted octanol–water partition coefficient (Wildman–Crippen LogP) is 3.05. The van der Waals surface area contributed by atoms with Crippen molar-refractivity contribution in [2.45, 2.75) is 31.9 Å². The van der Waals surface area contributed by atoms with Crippen molar-refractivity contribution in [3.05, 3.63) is 17.5 Å². The molecule has 0 aromatic carbocycles. The average molecular weight is 292 g/mol. The van der Waals surface area contributed by atoms with E-state index in [9.17, 15) is 13.6 Å². The van der Waals surface area contributed by atoms with Crippen molar-refractivity contribution in [2.24, 2.45) is 7.05 Å². The number of aryl methyl sites for hydroxylation is 1. The van der Waals surface area contributed by atoms with E-state index in [1.807, 2.05) is 0 Å². The minimum absolute atomic E-state index is 0.0782. The molecule has 1 heterocycles. The second kappa shape index (κ2) is 6.36. The normalized spacial score (nSPS) is 11.9. The van der Waals surface area contributed by atoms with E-state index >= 15 is 0 Å². The van der Waals surface area contributed by atoms with Gasteiger partial charge >= 0.3 is 5.97 Å². The number of alkyl halides is 2. The van der Waals surface area contributed by atoms with Crippen LogP contribution in [0.5, 0.6) is 0 Å². The summed E-state index contributed by atoms with van der Waals surface area (Å²) in [6.45, 7) is 6.35. The number of esters is 1. The van der Waals surface area contributed by atoms with Gasteiger partial charge in [-0.05, 0) is 0 Å². The van der Waals surface area contributed by atoms with Gasteiger partial charge in [-0.2, -0.15) is 16.9 Å². The largest absolute Gasteiger partial charge is 0.461 e. The molecule has 0 spiro atoms. The topological polar surface area (TPSA) is 44.1 Å². The van der Waals surface area contributed by atoms with Gasteiger partial charge in [-0.15, -0.1) is 0 Å². The molecule has 0 bridgehead atoms. The second-order valence-corrected chi connectivity index (χ2v) is 6.89. The van der Waals surface area contributed by atoms with Gasteiger partial charge in [-0.1, -0.05) is 20.8 Å². The maximum atomic E-state index is 12.8. The first-order valence-electron chi connectivity index (χ1n) is 5.83. The molecule has 0 saturated heterocycles. The van der Waals surface area contributed by atoms with Crippen LogP contribution < -0.4 is 0 Å². The van der Waals surface area contributed by atoms with Crippen molar-refractivity contribution < 1.29 is 18.3 Å². The molecule has 0 radical (unpaired) electrons. The van der Waals surface area contributed by atoms with Crippen LogP contribution >= 0.6 is 11.8 Å². The number of thioether (sulfide) groups is 1. The number of hydrogen-bond acceptors (Lipinski definition) is 4. The molecule has 19 heavy (non-hydrogen) atoms. The summed E-state index contributed by atoms with van der Waals surface area (Å²) in [6.07, 6.45) is -1.64. The Morgan fingerprint density at radius 3 is 2.68 bits per heavy atom. The molecule has 0 aliphatic rings. The summed E-state index contributed by atoms with van der Waals surface area (Å²) in [5.74, 6) is -0.127. The van der Waals surface area contributed by atoms with Crippen molar-refractivity contribution in [3.63, 3.8) is 0 Å². The van der Waals surface area contributed by atoms with Crippen molar-refractivity contribution in [2.75, 3.05) is 12.4 Å². The lowest BCUT2D eigenvalue weighted by Gasteiger charge is -2.17. The van der Waals surface area contributed by atoms with Crippen molar-refractivity contribution in [3.8, 4) is 0 Å². The van der Waals surface area contributed by atoms with Crippen LogP contribution in [-0.2, 0) is 11.8 Å². The third-order valence-electron chi connectivity index (χ3n) is 2.26. The van der Waals surface area contributed by atoms with Gasteiger partial charge in [-0.3, -0.25) is 4.68 Å². The van der Waals surface area contributed by atoms with E-state index in [4.69, 9.17) is 4.74 Å². The Hall–Kier alpha value is -1.11. The van der Waals surface area contributed by atoms with Crippen LogP contribution in [0.2, 0.25) is 0 Å². The molecular formula is C12H18F2N2O2S. The van der Waals surface area contributed by atoms with Gasteiger partial charge in [0.05, 0.1) is 6.20 Å². The molecule has 0 aliphatic carbocycles. The molecule has 0 atom stereocenters. The van der Waals surface area contributed by atoms with Gasteiger partial charge in [0.15, 0.2) is 0 Å². The van der Waals surface area contributed by atoms with E-state index < -0.39 is 18.1 Å². The zero-order valence-electron chi connectivity index (χ0n) is 11.4. The molecule has 0 amide bonds. The second-order valence-electron chi connectivity index (χ2n) is 4.96. The number of hydrogen-bond donors (Lipinski definition) is 0. The van der Waals surface area contributed by atoms with Crippen molar-refractivity contribution in [1.82, 2.24) is 9.78 Å². The minimum Gasteiger partial charge on any atom is -0.461 e. The molecule has 1 rings (SSSR count). The SMILES string of the molecule is Cn1ncc(C(=O)OCCSC(C)(C)C)c1C(F)F. The molecule has 108 valence electrons. The van der Waals surface area contributed by atoms with Crippen LogP contribution in [0, 0.1) is 0 Å². The van der Waals surface area contributed by atoms with E-state index in [-0.39, 0.29) is 16.9 Å². The summed E-state index contributed by atoms with van der Waals surface area (Å²) in [6, 6.07) is 0. The summed E-state index contributed by atoms with van der Waals surface area (Å²) in [5, 5.41) is 3.66. The number of halogens is 2. The standard InChI is InChI=1S/C12H18F2N2O2S/c1-12(2,3)19-6-5-18-11(17)8-7-15-16(4)9(8)10(13)14/h7,10H,5-6H2,1-4H3. The Bertz CT molecular complexity index is 441. The number of ether oxygens (including phenoxy) is 1. The molecule has 1 aromatic heterocycles. The van der Waals surface area contributed by atoms with E-state index in [0.29, 0.717) is 5.75 Å². The zero-order chi connectivity index (χ0) is 14.6. The van der Waals surface area contributed by atoms with Gasteiger partial charge in [0.1, 0.15) is 17.9 Å². The van der Waals surface area contributed by atoms with Gasteiger partial charge in [-0.25, -0.2) is 13.6 Å². The van der Waals surface area contributed by atoms with Gasteiger partial charge in [0, 0.05) is 17.5 Å². The van der Waals surface area contributed by atoms with Crippen LogP contribution in [0.15, 0.2) is 6.20 Å². The fourth-order valence-corrected chi connectivity index (χ4v) is 2.20. The molecule has 0 saturated carbocycles. The first-order valence-corrected chi connectivity index (χ1v) is 6.82. The van der Waals surface area contributed by atoms with Gasteiger partial charge < -0.3 is 4.74 Å². The molecule has 7 heteroatoms. The quantitative estimate of drug-likeness (QED) is 0.618. The third-order valence-corrected chi connectivity index (χ3v) is 3.50. The van der Waals surface area contributed by atoms with Crippen molar-refractivity contribution in [1.29, 1.82) is 0 Å². The summed E-state index contributed by atoms with van der Waals surface area (Å²) in [4.78, 5) is 11.7. The van der Waals surface area contributed by atoms with E-state index in [1.165, 1.54) is 7.05 Å². The number of carbonyl (C=O) groups is 1. The highest BCUT2D eigenvalue weighted by atomic mass is 32.2. The molecule has 0 fully saturated rings. The van der Waals surface area contributed by atoms with Crippen LogP contribution in [0.25, 0.3) is 0 Å². The maximum Gasteiger partial charge on any atom is 0.341 e. The molecule has 1 aromatic rings. The van der Waals surface area contributed by atoms with Crippen LogP contribution in [0.1, 0.15) is 43.2 Å². The maximum absolute atomic E-state index is 12.8.